The average Bonchev–Trinajstić information content (AvgIpc) is 3.34. The Balaban J connectivity index is 1.77. The lowest BCUT2D eigenvalue weighted by atomic mass is 10.2. The lowest BCUT2D eigenvalue weighted by molar-refractivity contribution is -0.380. The number of carbonyl (C=O) groups excluding carboxylic acids is 1. The number of hydrogen-bond donors (Lipinski definition) is 0. The third kappa shape index (κ3) is 3.47. The van der Waals surface area contributed by atoms with Crippen molar-refractivity contribution in [3.05, 3.63) is 81.2 Å². The van der Waals surface area contributed by atoms with Crippen LogP contribution < -0.4 is 4.90 Å². The van der Waals surface area contributed by atoms with Crippen molar-refractivity contribution >= 4 is 48.9 Å². The minimum absolute atomic E-state index is 0.125. The van der Waals surface area contributed by atoms with Gasteiger partial charge in [0.05, 0.1) is 21.0 Å². The summed E-state index contributed by atoms with van der Waals surface area (Å²) in [5.74, 6) is -0.915. The molecule has 1 aromatic carbocycles. The number of rotatable bonds is 5. The molecule has 28 heavy (non-hydrogen) atoms. The van der Waals surface area contributed by atoms with Crippen LogP contribution in [0.5, 0.6) is 0 Å². The summed E-state index contributed by atoms with van der Waals surface area (Å²) >= 11 is 1.97. The Kier molecular flexibility index (Phi) is 4.80. The maximum absolute atomic E-state index is 14.1. The van der Waals surface area contributed by atoms with Crippen molar-refractivity contribution < 1.29 is 14.1 Å². The zero-order valence-electron chi connectivity index (χ0n) is 14.1. The summed E-state index contributed by atoms with van der Waals surface area (Å²) in [5, 5.41) is 11.1. The number of benzene rings is 1. The molecule has 0 N–H and O–H groups in total. The van der Waals surface area contributed by atoms with Crippen molar-refractivity contribution in [3.8, 4) is 0 Å². The maximum Gasteiger partial charge on any atom is 0.324 e. The Labute approximate surface area is 165 Å². The Morgan fingerprint density at radius 3 is 2.71 bits per heavy atom. The second-order valence-corrected chi connectivity index (χ2v) is 7.80. The van der Waals surface area contributed by atoms with Crippen molar-refractivity contribution in [1.82, 2.24) is 9.97 Å². The molecule has 1 amide bonds. The molecule has 0 bridgehead atoms. The summed E-state index contributed by atoms with van der Waals surface area (Å²) in [6, 6.07) is 10.9. The molecule has 140 valence electrons. The van der Waals surface area contributed by atoms with Gasteiger partial charge in [-0.15, -0.1) is 0 Å². The molecule has 4 aromatic rings. The molecule has 3 heterocycles. The summed E-state index contributed by atoms with van der Waals surface area (Å²) in [5.41, 5.74) is 0.935. The monoisotopic (exact) mass is 414 g/mol. The van der Waals surface area contributed by atoms with Crippen molar-refractivity contribution in [1.29, 1.82) is 0 Å². The summed E-state index contributed by atoms with van der Waals surface area (Å²) in [7, 11) is 0. The van der Waals surface area contributed by atoms with Crippen LogP contribution in [-0.4, -0.2) is 20.8 Å². The molecule has 0 fully saturated rings. The smallest absolute Gasteiger partial charge is 0.279 e. The van der Waals surface area contributed by atoms with E-state index in [0.717, 1.165) is 16.9 Å². The van der Waals surface area contributed by atoms with Gasteiger partial charge < -0.3 is 0 Å². The first-order valence-electron chi connectivity index (χ1n) is 8.03. The molecule has 0 saturated heterocycles. The number of aromatic nitrogens is 2. The van der Waals surface area contributed by atoms with Crippen LogP contribution in [-0.2, 0) is 6.54 Å². The molecule has 3 aromatic heterocycles. The van der Waals surface area contributed by atoms with Gasteiger partial charge in [0, 0.05) is 18.5 Å². The lowest BCUT2D eigenvalue weighted by Crippen LogP contribution is -2.29. The van der Waals surface area contributed by atoms with Crippen LogP contribution in [0.25, 0.3) is 10.2 Å². The van der Waals surface area contributed by atoms with Crippen molar-refractivity contribution in [2.24, 2.45) is 0 Å². The van der Waals surface area contributed by atoms with E-state index in [9.17, 15) is 19.3 Å². The minimum Gasteiger partial charge on any atom is -0.279 e. The standard InChI is InChI=1S/C18H11FN4O3S2/c19-12-4-1-5-13-16(12)21-18(28-13)22(10-11-3-2-8-20-9-11)17(24)14-6-7-15(27-14)23(25)26/h1-9H,10H2. The van der Waals surface area contributed by atoms with Gasteiger partial charge in [-0.05, 0) is 29.8 Å². The molecule has 0 aliphatic heterocycles. The van der Waals surface area contributed by atoms with Gasteiger partial charge in [-0.3, -0.25) is 24.8 Å². The van der Waals surface area contributed by atoms with Gasteiger partial charge >= 0.3 is 5.00 Å². The Morgan fingerprint density at radius 2 is 2.04 bits per heavy atom. The molecule has 0 unspecified atom stereocenters. The third-order valence-electron chi connectivity index (χ3n) is 3.88. The average molecular weight is 414 g/mol. The second-order valence-electron chi connectivity index (χ2n) is 5.73. The fourth-order valence-electron chi connectivity index (χ4n) is 2.59. The molecule has 10 heteroatoms. The number of nitrogens with zero attached hydrogens (tertiary/aromatic N) is 4. The summed E-state index contributed by atoms with van der Waals surface area (Å²) in [4.78, 5) is 33.5. The first-order chi connectivity index (χ1) is 13.5. The van der Waals surface area contributed by atoms with Gasteiger partial charge in [0.1, 0.15) is 11.3 Å². The van der Waals surface area contributed by atoms with Gasteiger partial charge in [0.25, 0.3) is 5.91 Å². The second kappa shape index (κ2) is 7.41. The number of carbonyl (C=O) groups is 1. The quantitative estimate of drug-likeness (QED) is 0.350. The van der Waals surface area contributed by atoms with Crippen LogP contribution in [0.3, 0.4) is 0 Å². The van der Waals surface area contributed by atoms with E-state index in [1.54, 1.807) is 36.7 Å². The van der Waals surface area contributed by atoms with Gasteiger partial charge in [0.2, 0.25) is 0 Å². The fraction of sp³-hybridized carbons (Fsp3) is 0.0556. The molecule has 0 spiro atoms. The highest BCUT2D eigenvalue weighted by Gasteiger charge is 2.25. The molecular formula is C18H11FN4O3S2. The van der Waals surface area contributed by atoms with Crippen LogP contribution in [0.4, 0.5) is 14.5 Å². The number of nitro groups is 1. The summed E-state index contributed by atoms with van der Waals surface area (Å²) in [6.45, 7) is 0.153. The molecule has 0 atom stereocenters. The maximum atomic E-state index is 14.1. The Bertz CT molecular complexity index is 1180. The predicted molar refractivity (Wildman–Crippen MR) is 105 cm³/mol. The van der Waals surface area contributed by atoms with Crippen molar-refractivity contribution in [3.63, 3.8) is 0 Å². The third-order valence-corrected chi connectivity index (χ3v) is 5.95. The molecule has 0 radical (unpaired) electrons. The number of pyridine rings is 1. The zero-order valence-corrected chi connectivity index (χ0v) is 15.7. The van der Waals surface area contributed by atoms with E-state index in [1.165, 1.54) is 34.4 Å². The van der Waals surface area contributed by atoms with Gasteiger partial charge in [-0.1, -0.05) is 34.8 Å². The first kappa shape index (κ1) is 18.1. The predicted octanol–water partition coefficient (Wildman–Crippen LogP) is 4.65. The normalized spacial score (nSPS) is 10.9. The van der Waals surface area contributed by atoms with Crippen LogP contribution in [0.15, 0.2) is 54.9 Å². The number of amides is 1. The Hall–Kier alpha value is -3.24. The zero-order chi connectivity index (χ0) is 19.7. The van der Waals surface area contributed by atoms with Crippen molar-refractivity contribution in [2.75, 3.05) is 4.90 Å². The van der Waals surface area contributed by atoms with Gasteiger partial charge in [0.15, 0.2) is 5.13 Å². The van der Waals surface area contributed by atoms with E-state index in [-0.39, 0.29) is 21.9 Å². The highest BCUT2D eigenvalue weighted by molar-refractivity contribution is 7.22. The highest BCUT2D eigenvalue weighted by Crippen LogP contribution is 2.33. The van der Waals surface area contributed by atoms with E-state index in [4.69, 9.17) is 0 Å². The van der Waals surface area contributed by atoms with E-state index >= 15 is 0 Å². The first-order valence-corrected chi connectivity index (χ1v) is 9.66. The molecule has 4 rings (SSSR count). The Morgan fingerprint density at radius 1 is 1.18 bits per heavy atom. The number of anilines is 1. The number of thiophene rings is 1. The van der Waals surface area contributed by atoms with E-state index in [2.05, 4.69) is 9.97 Å². The SMILES string of the molecule is O=C(c1ccc([N+](=O)[O-])s1)N(Cc1cccnc1)c1nc2c(F)cccc2s1. The highest BCUT2D eigenvalue weighted by atomic mass is 32.1. The number of thiazole rings is 1. The number of hydrogen-bond acceptors (Lipinski definition) is 7. The van der Waals surface area contributed by atoms with Gasteiger partial charge in [-0.2, -0.15) is 0 Å². The summed E-state index contributed by atoms with van der Waals surface area (Å²) in [6.07, 6.45) is 3.23. The van der Waals surface area contributed by atoms with Gasteiger partial charge in [-0.25, -0.2) is 9.37 Å². The van der Waals surface area contributed by atoms with E-state index < -0.39 is 16.6 Å². The topological polar surface area (TPSA) is 89.2 Å². The molecule has 7 nitrogen and oxygen atoms in total. The lowest BCUT2D eigenvalue weighted by Gasteiger charge is -2.19. The molecular weight excluding hydrogens is 403 g/mol. The van der Waals surface area contributed by atoms with Crippen molar-refractivity contribution in [2.45, 2.75) is 6.54 Å². The molecule has 0 saturated carbocycles. The van der Waals surface area contributed by atoms with E-state index in [1.807, 2.05) is 0 Å². The van der Waals surface area contributed by atoms with Crippen LogP contribution >= 0.6 is 22.7 Å². The van der Waals surface area contributed by atoms with Crippen LogP contribution in [0.1, 0.15) is 15.2 Å². The number of fused-ring (bicyclic) bond motifs is 1. The van der Waals surface area contributed by atoms with Crippen LogP contribution in [0.2, 0.25) is 0 Å². The minimum atomic E-state index is -0.542. The number of para-hydroxylation sites is 1. The molecule has 0 aliphatic rings. The largest absolute Gasteiger partial charge is 0.324 e. The number of halogens is 1. The fourth-order valence-corrected chi connectivity index (χ4v) is 4.34. The van der Waals surface area contributed by atoms with E-state index in [0.29, 0.717) is 9.83 Å². The van der Waals surface area contributed by atoms with Crippen LogP contribution in [0, 0.1) is 15.9 Å². The summed E-state index contributed by atoms with van der Waals surface area (Å²) < 4.78 is 14.7. The molecule has 0 aliphatic carbocycles.